The molecular formula is C24H19F2N3OS2. The number of nitrogens with one attached hydrogen (secondary N) is 2. The molecule has 0 spiro atoms. The summed E-state index contributed by atoms with van der Waals surface area (Å²) in [5, 5.41) is 3.42. The van der Waals surface area contributed by atoms with Crippen LogP contribution in [0.3, 0.4) is 0 Å². The van der Waals surface area contributed by atoms with Crippen molar-refractivity contribution in [2.24, 2.45) is 0 Å². The minimum absolute atomic E-state index is 0.156. The molecule has 162 valence electrons. The molecule has 0 aliphatic rings. The van der Waals surface area contributed by atoms with Gasteiger partial charge in [-0.2, -0.15) is 8.78 Å². The summed E-state index contributed by atoms with van der Waals surface area (Å²) >= 11 is 1.77. The number of H-pyrrole nitrogens is 1. The van der Waals surface area contributed by atoms with E-state index in [2.05, 4.69) is 10.3 Å². The summed E-state index contributed by atoms with van der Waals surface area (Å²) in [7, 11) is 0. The molecule has 0 fully saturated rings. The summed E-state index contributed by atoms with van der Waals surface area (Å²) in [5.74, 6) is -2.52. The SMILES string of the molecule is O=C(CSc1nc(-c2ccccc2)c(-c2ccccc2)[nH]1)Nc1ccc(SC(F)F)cc1. The molecule has 0 atom stereocenters. The summed E-state index contributed by atoms with van der Waals surface area (Å²) in [6, 6.07) is 26.1. The number of benzene rings is 3. The molecule has 2 N–H and O–H groups in total. The van der Waals surface area contributed by atoms with Crippen LogP contribution in [0.15, 0.2) is 95.0 Å². The van der Waals surface area contributed by atoms with Gasteiger partial charge in [0.15, 0.2) is 5.16 Å². The van der Waals surface area contributed by atoms with E-state index < -0.39 is 5.76 Å². The van der Waals surface area contributed by atoms with E-state index in [1.54, 1.807) is 24.3 Å². The second-order valence-corrected chi connectivity index (χ2v) is 8.76. The Balaban J connectivity index is 1.45. The average Bonchev–Trinajstić information content (AvgIpc) is 3.24. The number of anilines is 1. The van der Waals surface area contributed by atoms with Crippen molar-refractivity contribution in [3.05, 3.63) is 84.9 Å². The molecule has 0 unspecified atom stereocenters. The first-order valence-electron chi connectivity index (χ1n) is 9.77. The molecule has 0 saturated heterocycles. The smallest absolute Gasteiger partial charge is 0.288 e. The molecule has 8 heteroatoms. The number of hydrogen-bond donors (Lipinski definition) is 2. The topological polar surface area (TPSA) is 57.8 Å². The van der Waals surface area contributed by atoms with Gasteiger partial charge in [-0.15, -0.1) is 0 Å². The van der Waals surface area contributed by atoms with Gasteiger partial charge >= 0.3 is 0 Å². The zero-order chi connectivity index (χ0) is 22.3. The number of aromatic nitrogens is 2. The van der Waals surface area contributed by atoms with Crippen LogP contribution in [0.25, 0.3) is 22.5 Å². The standard InChI is InChI=1S/C24H19F2N3OS2/c25-23(26)32-19-13-11-18(12-14-19)27-20(30)15-31-24-28-21(16-7-3-1-4-8-16)22(29-24)17-9-5-2-6-10-17/h1-14,23H,15H2,(H,27,30)(H,28,29). The number of amides is 1. The number of carbonyl (C=O) groups is 1. The van der Waals surface area contributed by atoms with Gasteiger partial charge in [-0.3, -0.25) is 4.79 Å². The molecule has 1 aromatic heterocycles. The highest BCUT2D eigenvalue weighted by Gasteiger charge is 2.15. The van der Waals surface area contributed by atoms with Crippen molar-refractivity contribution in [2.75, 3.05) is 11.1 Å². The van der Waals surface area contributed by atoms with Gasteiger partial charge in [-0.1, -0.05) is 84.2 Å². The van der Waals surface area contributed by atoms with E-state index in [0.29, 0.717) is 27.5 Å². The lowest BCUT2D eigenvalue weighted by Gasteiger charge is -2.05. The van der Waals surface area contributed by atoms with Crippen LogP contribution >= 0.6 is 23.5 Å². The van der Waals surface area contributed by atoms with Crippen molar-refractivity contribution in [1.29, 1.82) is 0 Å². The van der Waals surface area contributed by atoms with Crippen molar-refractivity contribution in [2.45, 2.75) is 15.8 Å². The number of imidazole rings is 1. The first-order chi connectivity index (χ1) is 15.6. The molecule has 4 rings (SSSR count). The van der Waals surface area contributed by atoms with Gasteiger partial charge in [0, 0.05) is 21.7 Å². The molecule has 0 aliphatic carbocycles. The first kappa shape index (κ1) is 22.1. The van der Waals surface area contributed by atoms with Crippen LogP contribution in [0.4, 0.5) is 14.5 Å². The largest absolute Gasteiger partial charge is 0.332 e. The highest BCUT2D eigenvalue weighted by Crippen LogP contribution is 2.32. The van der Waals surface area contributed by atoms with Crippen molar-refractivity contribution >= 4 is 35.1 Å². The number of alkyl halides is 2. The first-order valence-corrected chi connectivity index (χ1v) is 11.6. The van der Waals surface area contributed by atoms with Gasteiger partial charge in [0.05, 0.1) is 17.1 Å². The van der Waals surface area contributed by atoms with Gasteiger partial charge < -0.3 is 10.3 Å². The van der Waals surface area contributed by atoms with Crippen LogP contribution in [0.5, 0.6) is 0 Å². The second kappa shape index (κ2) is 10.5. The molecule has 0 bridgehead atoms. The van der Waals surface area contributed by atoms with Crippen molar-refractivity contribution in [1.82, 2.24) is 9.97 Å². The van der Waals surface area contributed by atoms with Crippen LogP contribution < -0.4 is 5.32 Å². The van der Waals surface area contributed by atoms with Crippen LogP contribution in [0.2, 0.25) is 0 Å². The van der Waals surface area contributed by atoms with Crippen molar-refractivity contribution < 1.29 is 13.6 Å². The van der Waals surface area contributed by atoms with Crippen molar-refractivity contribution in [3.63, 3.8) is 0 Å². The Kier molecular flexibility index (Phi) is 7.24. The summed E-state index contributed by atoms with van der Waals surface area (Å²) in [5.41, 5.74) is 4.28. The number of hydrogen-bond acceptors (Lipinski definition) is 4. The fourth-order valence-corrected chi connectivity index (χ4v) is 4.26. The Morgan fingerprint density at radius 2 is 1.53 bits per heavy atom. The summed E-state index contributed by atoms with van der Waals surface area (Å²) in [6.45, 7) is 0. The number of thioether (sulfide) groups is 2. The van der Waals surface area contributed by atoms with Gasteiger partial charge in [0.25, 0.3) is 5.76 Å². The maximum absolute atomic E-state index is 12.4. The Morgan fingerprint density at radius 1 is 0.906 bits per heavy atom. The van der Waals surface area contributed by atoms with Gasteiger partial charge in [0.2, 0.25) is 5.91 Å². The lowest BCUT2D eigenvalue weighted by atomic mass is 10.1. The molecule has 4 aromatic rings. The lowest BCUT2D eigenvalue weighted by Crippen LogP contribution is -2.14. The molecular weight excluding hydrogens is 448 g/mol. The van der Waals surface area contributed by atoms with Gasteiger partial charge in [-0.25, -0.2) is 4.98 Å². The van der Waals surface area contributed by atoms with Crippen LogP contribution in [0.1, 0.15) is 0 Å². The number of carbonyl (C=O) groups excluding carboxylic acids is 1. The predicted molar refractivity (Wildman–Crippen MR) is 127 cm³/mol. The zero-order valence-corrected chi connectivity index (χ0v) is 18.4. The van der Waals surface area contributed by atoms with Crippen molar-refractivity contribution in [3.8, 4) is 22.5 Å². The van der Waals surface area contributed by atoms with E-state index in [0.717, 1.165) is 22.5 Å². The molecule has 32 heavy (non-hydrogen) atoms. The minimum Gasteiger partial charge on any atom is -0.332 e. The third-order valence-corrected chi connectivity index (χ3v) is 6.09. The maximum atomic E-state index is 12.4. The zero-order valence-electron chi connectivity index (χ0n) is 16.8. The molecule has 0 aliphatic heterocycles. The third kappa shape index (κ3) is 5.77. The van der Waals surface area contributed by atoms with Crippen LogP contribution in [-0.2, 0) is 4.79 Å². The molecule has 1 amide bonds. The van der Waals surface area contributed by atoms with Crippen LogP contribution in [0, 0.1) is 0 Å². The highest BCUT2D eigenvalue weighted by molar-refractivity contribution is 8.00. The predicted octanol–water partition coefficient (Wildman–Crippen LogP) is 6.79. The minimum atomic E-state index is -2.47. The summed E-state index contributed by atoms with van der Waals surface area (Å²) < 4.78 is 24.8. The Bertz CT molecular complexity index is 1110. The van der Waals surface area contributed by atoms with Crippen LogP contribution in [-0.4, -0.2) is 27.4 Å². The number of halogens is 2. The Morgan fingerprint density at radius 3 is 2.16 bits per heavy atom. The average molecular weight is 468 g/mol. The van der Waals surface area contributed by atoms with Gasteiger partial charge in [0.1, 0.15) is 0 Å². The fourth-order valence-electron chi connectivity index (χ4n) is 3.09. The molecule has 1 heterocycles. The highest BCUT2D eigenvalue weighted by atomic mass is 32.2. The lowest BCUT2D eigenvalue weighted by molar-refractivity contribution is -0.113. The Labute approximate surface area is 192 Å². The number of rotatable bonds is 8. The number of aromatic amines is 1. The monoisotopic (exact) mass is 467 g/mol. The Hall–Kier alpha value is -3.10. The van der Waals surface area contributed by atoms with E-state index in [4.69, 9.17) is 4.98 Å². The van der Waals surface area contributed by atoms with E-state index in [-0.39, 0.29) is 11.7 Å². The molecule has 3 aromatic carbocycles. The number of nitrogens with zero attached hydrogens (tertiary/aromatic N) is 1. The quantitative estimate of drug-likeness (QED) is 0.280. The molecule has 0 saturated carbocycles. The van der Waals surface area contributed by atoms with E-state index in [1.807, 2.05) is 60.7 Å². The third-order valence-electron chi connectivity index (χ3n) is 4.49. The second-order valence-electron chi connectivity index (χ2n) is 6.74. The normalized spacial score (nSPS) is 11.0. The fraction of sp³-hybridized carbons (Fsp3) is 0.0833. The molecule has 0 radical (unpaired) electrons. The summed E-state index contributed by atoms with van der Waals surface area (Å²) in [6.07, 6.45) is 0. The summed E-state index contributed by atoms with van der Waals surface area (Å²) in [4.78, 5) is 20.9. The van der Waals surface area contributed by atoms with E-state index in [1.165, 1.54) is 11.8 Å². The maximum Gasteiger partial charge on any atom is 0.288 e. The van der Waals surface area contributed by atoms with E-state index in [9.17, 15) is 13.6 Å². The van der Waals surface area contributed by atoms with E-state index >= 15 is 0 Å². The van der Waals surface area contributed by atoms with Gasteiger partial charge in [-0.05, 0) is 24.3 Å². The molecule has 4 nitrogen and oxygen atoms in total.